The van der Waals surface area contributed by atoms with E-state index in [1.165, 1.54) is 12.1 Å². The van der Waals surface area contributed by atoms with Crippen LogP contribution < -0.4 is 10.6 Å². The minimum atomic E-state index is -0.233. The number of nitrogens with zero attached hydrogens (tertiary/aromatic N) is 3. The van der Waals surface area contributed by atoms with Crippen molar-refractivity contribution < 1.29 is 4.39 Å². The highest BCUT2D eigenvalue weighted by atomic mass is 19.1. The molecule has 3 aromatic rings. The largest absolute Gasteiger partial charge is 0.361 e. The highest BCUT2D eigenvalue weighted by Crippen LogP contribution is 2.19. The fourth-order valence-electron chi connectivity index (χ4n) is 2.68. The van der Waals surface area contributed by atoms with E-state index in [2.05, 4.69) is 30.6 Å². The van der Waals surface area contributed by atoms with E-state index in [4.69, 9.17) is 0 Å². The van der Waals surface area contributed by atoms with Gasteiger partial charge in [0.1, 0.15) is 11.6 Å². The van der Waals surface area contributed by atoms with Gasteiger partial charge in [0, 0.05) is 36.9 Å². The molecule has 0 aliphatic carbocycles. The maximum Gasteiger partial charge on any atom is 0.191 e. The van der Waals surface area contributed by atoms with Gasteiger partial charge in [0.05, 0.1) is 12.2 Å². The Hall–Kier alpha value is -2.96. The number of rotatable bonds is 5. The van der Waals surface area contributed by atoms with Gasteiger partial charge in [-0.2, -0.15) is 0 Å². The summed E-state index contributed by atoms with van der Waals surface area (Å²) in [5.41, 5.74) is 2.87. The summed E-state index contributed by atoms with van der Waals surface area (Å²) < 4.78 is 13.2. The van der Waals surface area contributed by atoms with Crippen LogP contribution in [0.5, 0.6) is 0 Å². The number of hydrogen-bond donors (Lipinski definition) is 3. The summed E-state index contributed by atoms with van der Waals surface area (Å²) >= 11 is 0. The number of guanidine groups is 1. The molecule has 25 heavy (non-hydrogen) atoms. The first-order valence-electron chi connectivity index (χ1n) is 8.14. The van der Waals surface area contributed by atoms with E-state index in [1.807, 2.05) is 19.2 Å². The molecule has 0 saturated carbocycles. The number of hydrogen-bond acceptors (Lipinski definition) is 3. The molecule has 0 fully saturated rings. The average Bonchev–Trinajstić information content (AvgIpc) is 3.00. The highest BCUT2D eigenvalue weighted by molar-refractivity contribution is 5.83. The average molecular weight is 340 g/mol. The summed E-state index contributed by atoms with van der Waals surface area (Å²) in [6.07, 6.45) is 4.47. The van der Waals surface area contributed by atoms with Crippen molar-refractivity contribution in [1.82, 2.24) is 25.6 Å². The summed E-state index contributed by atoms with van der Waals surface area (Å²) in [5.74, 6) is 1.23. The van der Waals surface area contributed by atoms with E-state index in [0.717, 1.165) is 34.4 Å². The predicted molar refractivity (Wildman–Crippen MR) is 96.9 cm³/mol. The molecule has 3 N–H and O–H groups in total. The normalized spacial score (nSPS) is 11.7. The van der Waals surface area contributed by atoms with Crippen molar-refractivity contribution in [2.45, 2.75) is 19.9 Å². The Morgan fingerprint density at radius 1 is 1.28 bits per heavy atom. The van der Waals surface area contributed by atoms with Crippen molar-refractivity contribution in [2.24, 2.45) is 4.99 Å². The van der Waals surface area contributed by atoms with Crippen molar-refractivity contribution in [3.05, 3.63) is 59.6 Å². The third-order valence-electron chi connectivity index (χ3n) is 3.91. The van der Waals surface area contributed by atoms with E-state index in [1.54, 1.807) is 19.3 Å². The Bertz CT molecular complexity index is 886. The number of aromatic amines is 1. The van der Waals surface area contributed by atoms with Gasteiger partial charge in [-0.05, 0) is 43.2 Å². The molecule has 0 aliphatic heterocycles. The minimum Gasteiger partial charge on any atom is -0.361 e. The van der Waals surface area contributed by atoms with Gasteiger partial charge in [0.15, 0.2) is 5.96 Å². The van der Waals surface area contributed by atoms with Crippen LogP contribution in [0.15, 0.2) is 41.7 Å². The first-order valence-corrected chi connectivity index (χ1v) is 8.14. The molecule has 3 rings (SSSR count). The van der Waals surface area contributed by atoms with Crippen molar-refractivity contribution in [1.29, 1.82) is 0 Å². The van der Waals surface area contributed by atoms with E-state index in [9.17, 15) is 4.39 Å². The molecule has 0 aliphatic rings. The lowest BCUT2D eigenvalue weighted by Gasteiger charge is -2.11. The molecule has 0 atom stereocenters. The number of aromatic nitrogens is 3. The SMILES string of the molecule is CN=C(NCCc1c[nH]c2cc(F)ccc12)NCc1ccnc(C)n1. The molecule has 0 radical (unpaired) electrons. The molecule has 130 valence electrons. The Kier molecular flexibility index (Phi) is 5.23. The van der Waals surface area contributed by atoms with Crippen molar-refractivity contribution in [2.75, 3.05) is 13.6 Å². The zero-order valence-electron chi connectivity index (χ0n) is 14.3. The van der Waals surface area contributed by atoms with Gasteiger partial charge in [-0.3, -0.25) is 4.99 Å². The van der Waals surface area contributed by atoms with E-state index >= 15 is 0 Å². The lowest BCUT2D eigenvalue weighted by Crippen LogP contribution is -2.38. The van der Waals surface area contributed by atoms with Gasteiger partial charge < -0.3 is 15.6 Å². The van der Waals surface area contributed by atoms with Gasteiger partial charge in [-0.25, -0.2) is 14.4 Å². The lowest BCUT2D eigenvalue weighted by molar-refractivity contribution is 0.629. The van der Waals surface area contributed by atoms with Crippen LogP contribution in [0.25, 0.3) is 10.9 Å². The van der Waals surface area contributed by atoms with Crippen LogP contribution in [0.2, 0.25) is 0 Å². The van der Waals surface area contributed by atoms with Crippen LogP contribution in [-0.4, -0.2) is 34.5 Å². The molecular formula is C18H21FN6. The van der Waals surface area contributed by atoms with Crippen LogP contribution in [0.4, 0.5) is 4.39 Å². The molecule has 6 nitrogen and oxygen atoms in total. The first kappa shape index (κ1) is 16.9. The zero-order chi connectivity index (χ0) is 17.6. The van der Waals surface area contributed by atoms with Crippen LogP contribution in [-0.2, 0) is 13.0 Å². The number of H-pyrrole nitrogens is 1. The van der Waals surface area contributed by atoms with Gasteiger partial charge >= 0.3 is 0 Å². The second kappa shape index (κ2) is 7.74. The fraction of sp³-hybridized carbons (Fsp3) is 0.278. The number of benzene rings is 1. The molecule has 2 heterocycles. The van der Waals surface area contributed by atoms with Crippen LogP contribution >= 0.6 is 0 Å². The van der Waals surface area contributed by atoms with E-state index < -0.39 is 0 Å². The Labute approximate surface area is 145 Å². The molecule has 0 bridgehead atoms. The Morgan fingerprint density at radius 2 is 2.16 bits per heavy atom. The Balaban J connectivity index is 1.52. The molecule has 2 aromatic heterocycles. The summed E-state index contributed by atoms with van der Waals surface area (Å²) in [5, 5.41) is 7.55. The van der Waals surface area contributed by atoms with Gasteiger partial charge in [-0.15, -0.1) is 0 Å². The number of nitrogens with one attached hydrogen (secondary N) is 3. The van der Waals surface area contributed by atoms with Gasteiger partial charge in [0.25, 0.3) is 0 Å². The van der Waals surface area contributed by atoms with Crippen LogP contribution in [0, 0.1) is 12.7 Å². The second-order valence-electron chi connectivity index (χ2n) is 5.70. The summed E-state index contributed by atoms with van der Waals surface area (Å²) in [6.45, 7) is 3.16. The van der Waals surface area contributed by atoms with Crippen molar-refractivity contribution in [3.8, 4) is 0 Å². The molecule has 0 amide bonds. The first-order chi connectivity index (χ1) is 12.2. The lowest BCUT2D eigenvalue weighted by atomic mass is 10.1. The third kappa shape index (κ3) is 4.32. The van der Waals surface area contributed by atoms with Crippen molar-refractivity contribution in [3.63, 3.8) is 0 Å². The number of halogens is 1. The molecule has 0 saturated heterocycles. The predicted octanol–water partition coefficient (Wildman–Crippen LogP) is 2.31. The monoisotopic (exact) mass is 340 g/mol. The van der Waals surface area contributed by atoms with Crippen LogP contribution in [0.3, 0.4) is 0 Å². The molecule has 0 spiro atoms. The number of fused-ring (bicyclic) bond motifs is 1. The number of aliphatic imine (C=N–C) groups is 1. The summed E-state index contributed by atoms with van der Waals surface area (Å²) in [4.78, 5) is 15.8. The molecule has 7 heteroatoms. The molecular weight excluding hydrogens is 319 g/mol. The second-order valence-corrected chi connectivity index (χ2v) is 5.70. The van der Waals surface area contributed by atoms with E-state index in [-0.39, 0.29) is 5.82 Å². The quantitative estimate of drug-likeness (QED) is 0.492. The van der Waals surface area contributed by atoms with E-state index in [0.29, 0.717) is 19.0 Å². The smallest absolute Gasteiger partial charge is 0.191 e. The molecule has 1 aromatic carbocycles. The summed E-state index contributed by atoms with van der Waals surface area (Å²) in [7, 11) is 1.73. The number of aryl methyl sites for hydroxylation is 1. The Morgan fingerprint density at radius 3 is 2.96 bits per heavy atom. The zero-order valence-corrected chi connectivity index (χ0v) is 14.3. The maximum absolute atomic E-state index is 13.2. The fourth-order valence-corrected chi connectivity index (χ4v) is 2.68. The molecule has 0 unspecified atom stereocenters. The topological polar surface area (TPSA) is 78.0 Å². The van der Waals surface area contributed by atoms with Crippen LogP contribution in [0.1, 0.15) is 17.1 Å². The minimum absolute atomic E-state index is 0.233. The third-order valence-corrected chi connectivity index (χ3v) is 3.91. The standard InChI is InChI=1S/C18H21FN6/c1-12-21-8-6-15(25-12)11-24-18(20-2)22-7-5-13-10-23-17-9-14(19)3-4-16(13)17/h3-4,6,8-10,23H,5,7,11H2,1-2H3,(H2,20,22,24). The maximum atomic E-state index is 13.2. The van der Waals surface area contributed by atoms with Gasteiger partial charge in [0.2, 0.25) is 0 Å². The summed E-state index contributed by atoms with van der Waals surface area (Å²) in [6, 6.07) is 6.67. The van der Waals surface area contributed by atoms with Crippen molar-refractivity contribution >= 4 is 16.9 Å². The van der Waals surface area contributed by atoms with Gasteiger partial charge in [-0.1, -0.05) is 0 Å². The highest BCUT2D eigenvalue weighted by Gasteiger charge is 2.05.